The van der Waals surface area contributed by atoms with Crippen LogP contribution in [0.1, 0.15) is 19.8 Å². The van der Waals surface area contributed by atoms with E-state index in [4.69, 9.17) is 10.4 Å². The number of hydrogen-bond donors (Lipinski definition) is 1. The fourth-order valence-electron chi connectivity index (χ4n) is 1.75. The summed E-state index contributed by atoms with van der Waals surface area (Å²) in [6, 6.07) is 1.72. The average molecular weight is 196 g/mol. The van der Waals surface area contributed by atoms with Gasteiger partial charge in [0, 0.05) is 6.54 Å². The molecule has 14 heavy (non-hydrogen) atoms. The molecular formula is C10H16N2O2. The van der Waals surface area contributed by atoms with Gasteiger partial charge in [-0.15, -0.1) is 0 Å². The largest absolute Gasteiger partial charge is 0.480 e. The van der Waals surface area contributed by atoms with Crippen LogP contribution in [0.4, 0.5) is 0 Å². The van der Waals surface area contributed by atoms with Gasteiger partial charge in [0.05, 0.1) is 12.0 Å². The summed E-state index contributed by atoms with van der Waals surface area (Å²) in [5, 5.41) is 17.6. The van der Waals surface area contributed by atoms with Gasteiger partial charge in [-0.3, -0.25) is 9.69 Å². The SMILES string of the molecule is CC(C#N)CN(C)C(C(=O)O)C1CC1. The van der Waals surface area contributed by atoms with Crippen molar-refractivity contribution in [2.75, 3.05) is 13.6 Å². The van der Waals surface area contributed by atoms with Gasteiger partial charge in [0.25, 0.3) is 0 Å². The second-order valence-corrected chi connectivity index (χ2v) is 4.09. The summed E-state index contributed by atoms with van der Waals surface area (Å²) in [6.45, 7) is 2.34. The Morgan fingerprint density at radius 1 is 1.71 bits per heavy atom. The maximum absolute atomic E-state index is 11.0. The first-order valence-electron chi connectivity index (χ1n) is 4.89. The number of rotatable bonds is 5. The zero-order valence-corrected chi connectivity index (χ0v) is 8.60. The van der Waals surface area contributed by atoms with E-state index in [1.807, 2.05) is 6.92 Å². The van der Waals surface area contributed by atoms with Crippen LogP contribution in [-0.4, -0.2) is 35.6 Å². The molecule has 0 aromatic rings. The Kier molecular flexibility index (Phi) is 3.48. The zero-order chi connectivity index (χ0) is 10.7. The Labute approximate surface area is 84.1 Å². The number of hydrogen-bond acceptors (Lipinski definition) is 3. The summed E-state index contributed by atoms with van der Waals surface area (Å²) in [5.41, 5.74) is 0. The lowest BCUT2D eigenvalue weighted by molar-refractivity contribution is -0.143. The molecule has 0 saturated heterocycles. The molecule has 4 nitrogen and oxygen atoms in total. The van der Waals surface area contributed by atoms with Crippen LogP contribution >= 0.6 is 0 Å². The van der Waals surface area contributed by atoms with Crippen LogP contribution in [0.2, 0.25) is 0 Å². The van der Waals surface area contributed by atoms with Crippen molar-refractivity contribution in [1.82, 2.24) is 4.90 Å². The number of carboxylic acid groups (broad SMARTS) is 1. The van der Waals surface area contributed by atoms with Crippen molar-refractivity contribution >= 4 is 5.97 Å². The summed E-state index contributed by atoms with van der Waals surface area (Å²) in [6.07, 6.45) is 2.00. The summed E-state index contributed by atoms with van der Waals surface area (Å²) in [7, 11) is 1.78. The third kappa shape index (κ3) is 2.71. The van der Waals surface area contributed by atoms with Crippen LogP contribution in [0.25, 0.3) is 0 Å². The van der Waals surface area contributed by atoms with Crippen molar-refractivity contribution in [1.29, 1.82) is 5.26 Å². The van der Waals surface area contributed by atoms with Crippen molar-refractivity contribution in [2.45, 2.75) is 25.8 Å². The molecule has 78 valence electrons. The van der Waals surface area contributed by atoms with Crippen LogP contribution in [0.5, 0.6) is 0 Å². The number of aliphatic carboxylic acids is 1. The fourth-order valence-corrected chi connectivity index (χ4v) is 1.75. The molecule has 1 rings (SSSR count). The Hall–Kier alpha value is -1.08. The second-order valence-electron chi connectivity index (χ2n) is 4.09. The Balaban J connectivity index is 2.51. The van der Waals surface area contributed by atoms with E-state index in [-0.39, 0.29) is 5.92 Å². The molecule has 2 unspecified atom stereocenters. The van der Waals surface area contributed by atoms with E-state index in [9.17, 15) is 4.79 Å². The molecule has 0 bridgehead atoms. The Morgan fingerprint density at radius 2 is 2.29 bits per heavy atom. The average Bonchev–Trinajstić information content (AvgIpc) is 2.87. The van der Waals surface area contributed by atoms with Gasteiger partial charge in [0.2, 0.25) is 0 Å². The van der Waals surface area contributed by atoms with Crippen molar-refractivity contribution in [2.24, 2.45) is 11.8 Å². The van der Waals surface area contributed by atoms with Gasteiger partial charge in [0.15, 0.2) is 0 Å². The fraction of sp³-hybridized carbons (Fsp3) is 0.800. The molecule has 0 aromatic carbocycles. The van der Waals surface area contributed by atoms with Crippen molar-refractivity contribution < 1.29 is 9.90 Å². The number of nitriles is 1. The van der Waals surface area contributed by atoms with Gasteiger partial charge in [0.1, 0.15) is 6.04 Å². The number of nitrogens with zero attached hydrogens (tertiary/aromatic N) is 2. The molecule has 0 heterocycles. The third-order valence-corrected chi connectivity index (χ3v) is 2.58. The van der Waals surface area contributed by atoms with E-state index in [1.165, 1.54) is 0 Å². The van der Waals surface area contributed by atoms with Crippen molar-refractivity contribution in [3.8, 4) is 6.07 Å². The Bertz CT molecular complexity index is 255. The third-order valence-electron chi connectivity index (χ3n) is 2.58. The molecule has 0 spiro atoms. The topological polar surface area (TPSA) is 64.3 Å². The second kappa shape index (κ2) is 4.43. The number of carboxylic acids is 1. The molecule has 2 atom stereocenters. The van der Waals surface area contributed by atoms with E-state index in [1.54, 1.807) is 11.9 Å². The summed E-state index contributed by atoms with van der Waals surface area (Å²) < 4.78 is 0. The molecule has 1 aliphatic carbocycles. The van der Waals surface area contributed by atoms with Crippen LogP contribution in [0.15, 0.2) is 0 Å². The first-order chi connectivity index (χ1) is 6.56. The predicted octanol–water partition coefficient (Wildman–Crippen LogP) is 0.941. The normalized spacial score (nSPS) is 20.1. The quantitative estimate of drug-likeness (QED) is 0.710. The molecule has 4 heteroatoms. The lowest BCUT2D eigenvalue weighted by atomic mass is 10.1. The summed E-state index contributed by atoms with van der Waals surface area (Å²) in [5.74, 6) is -0.580. The minimum absolute atomic E-state index is 0.111. The molecule has 0 amide bonds. The maximum Gasteiger partial charge on any atom is 0.321 e. The number of carbonyl (C=O) groups is 1. The minimum Gasteiger partial charge on any atom is -0.480 e. The molecule has 0 aliphatic heterocycles. The van der Waals surface area contributed by atoms with Gasteiger partial charge < -0.3 is 5.11 Å². The monoisotopic (exact) mass is 196 g/mol. The molecule has 1 saturated carbocycles. The van der Waals surface area contributed by atoms with E-state index in [0.717, 1.165) is 12.8 Å². The number of likely N-dealkylation sites (N-methyl/N-ethyl adjacent to an activating group) is 1. The lowest BCUT2D eigenvalue weighted by Crippen LogP contribution is -2.42. The van der Waals surface area contributed by atoms with E-state index >= 15 is 0 Å². The van der Waals surface area contributed by atoms with E-state index < -0.39 is 12.0 Å². The maximum atomic E-state index is 11.0. The van der Waals surface area contributed by atoms with Gasteiger partial charge in [-0.25, -0.2) is 0 Å². The minimum atomic E-state index is -0.764. The van der Waals surface area contributed by atoms with Gasteiger partial charge in [-0.2, -0.15) is 5.26 Å². The van der Waals surface area contributed by atoms with Crippen LogP contribution < -0.4 is 0 Å². The van der Waals surface area contributed by atoms with Crippen LogP contribution in [0, 0.1) is 23.2 Å². The molecule has 0 aromatic heterocycles. The molecule has 1 aliphatic rings. The molecule has 1 N–H and O–H groups in total. The molecule has 0 radical (unpaired) electrons. The summed E-state index contributed by atoms with van der Waals surface area (Å²) in [4.78, 5) is 12.8. The van der Waals surface area contributed by atoms with Gasteiger partial charge in [-0.1, -0.05) is 0 Å². The standard InChI is InChI=1S/C10H16N2O2/c1-7(5-11)6-12(2)9(10(13)14)8-3-4-8/h7-9H,3-4,6H2,1-2H3,(H,13,14). The first-order valence-corrected chi connectivity index (χ1v) is 4.89. The van der Waals surface area contributed by atoms with E-state index in [0.29, 0.717) is 12.5 Å². The highest BCUT2D eigenvalue weighted by atomic mass is 16.4. The molecule has 1 fully saturated rings. The highest BCUT2D eigenvalue weighted by molar-refractivity contribution is 5.74. The van der Waals surface area contributed by atoms with Crippen molar-refractivity contribution in [3.05, 3.63) is 0 Å². The lowest BCUT2D eigenvalue weighted by Gasteiger charge is -2.25. The summed E-state index contributed by atoms with van der Waals surface area (Å²) >= 11 is 0. The molecular weight excluding hydrogens is 180 g/mol. The first kappa shape index (κ1) is 11.0. The predicted molar refractivity (Wildman–Crippen MR) is 51.6 cm³/mol. The van der Waals surface area contributed by atoms with Crippen LogP contribution in [-0.2, 0) is 4.79 Å². The zero-order valence-electron chi connectivity index (χ0n) is 8.60. The Morgan fingerprint density at radius 3 is 2.64 bits per heavy atom. The van der Waals surface area contributed by atoms with Crippen LogP contribution in [0.3, 0.4) is 0 Å². The smallest absolute Gasteiger partial charge is 0.321 e. The highest BCUT2D eigenvalue weighted by Crippen LogP contribution is 2.35. The van der Waals surface area contributed by atoms with Crippen molar-refractivity contribution in [3.63, 3.8) is 0 Å². The van der Waals surface area contributed by atoms with Gasteiger partial charge >= 0.3 is 5.97 Å². The van der Waals surface area contributed by atoms with Gasteiger partial charge in [-0.05, 0) is 32.7 Å². The highest BCUT2D eigenvalue weighted by Gasteiger charge is 2.39. The van der Waals surface area contributed by atoms with E-state index in [2.05, 4.69) is 6.07 Å².